The molecule has 2 N–H and O–H groups in total. The van der Waals surface area contributed by atoms with Gasteiger partial charge >= 0.3 is 6.09 Å². The van der Waals surface area contributed by atoms with Crippen molar-refractivity contribution in [2.45, 2.75) is 39.2 Å². The number of piperidine rings is 1. The van der Waals surface area contributed by atoms with Crippen LogP contribution in [0.1, 0.15) is 37.3 Å². The van der Waals surface area contributed by atoms with Gasteiger partial charge in [0, 0.05) is 43.0 Å². The number of carbonyl (C=O) groups excluding carboxylic acids is 1. The smallest absolute Gasteiger partial charge is 0.409 e. The number of benzene rings is 1. The minimum Gasteiger partial charge on any atom is -0.450 e. The van der Waals surface area contributed by atoms with Crippen LogP contribution in [0, 0.1) is 6.92 Å². The second-order valence-corrected chi connectivity index (χ2v) is 7.79. The lowest BCUT2D eigenvalue weighted by molar-refractivity contribution is 0.0983. The molecule has 1 aromatic carbocycles. The Labute approximate surface area is 177 Å². The van der Waals surface area contributed by atoms with Gasteiger partial charge in [0.1, 0.15) is 0 Å². The van der Waals surface area contributed by atoms with Crippen molar-refractivity contribution in [3.8, 4) is 11.3 Å². The van der Waals surface area contributed by atoms with Crippen LogP contribution in [0.5, 0.6) is 0 Å². The van der Waals surface area contributed by atoms with E-state index in [1.807, 2.05) is 13.1 Å². The van der Waals surface area contributed by atoms with Gasteiger partial charge in [-0.2, -0.15) is 5.10 Å². The molecule has 2 aliphatic rings. The molecule has 1 fully saturated rings. The Balaban J connectivity index is 1.55. The molecule has 7 heteroatoms. The minimum atomic E-state index is -0.218. The van der Waals surface area contributed by atoms with E-state index >= 15 is 0 Å². The Bertz CT molecular complexity index is 937. The summed E-state index contributed by atoms with van der Waals surface area (Å²) in [6, 6.07) is 8.77. The molecule has 3 heterocycles. The summed E-state index contributed by atoms with van der Waals surface area (Å²) in [4.78, 5) is 18.1. The zero-order valence-electron chi connectivity index (χ0n) is 17.6. The fourth-order valence-electron chi connectivity index (χ4n) is 4.00. The fraction of sp³-hybridized carbons (Fsp3) is 0.435. The Morgan fingerprint density at radius 3 is 2.70 bits per heavy atom. The third-order valence-corrected chi connectivity index (χ3v) is 5.68. The molecule has 0 atom stereocenters. The molecule has 2 aromatic rings. The minimum absolute atomic E-state index is 0.218. The lowest BCUT2D eigenvalue weighted by atomic mass is 9.96. The van der Waals surface area contributed by atoms with E-state index in [2.05, 4.69) is 57.8 Å². The summed E-state index contributed by atoms with van der Waals surface area (Å²) in [6.07, 6.45) is 6.37. The van der Waals surface area contributed by atoms with Gasteiger partial charge in [-0.3, -0.25) is 10.1 Å². The van der Waals surface area contributed by atoms with E-state index in [1.165, 1.54) is 11.1 Å². The van der Waals surface area contributed by atoms with Gasteiger partial charge in [-0.25, -0.2) is 4.79 Å². The first-order valence-electron chi connectivity index (χ1n) is 10.7. The molecule has 158 valence electrons. The number of amides is 1. The predicted molar refractivity (Wildman–Crippen MR) is 120 cm³/mol. The number of likely N-dealkylation sites (tertiary alicyclic amines) is 1. The Morgan fingerprint density at radius 2 is 2.03 bits per heavy atom. The van der Waals surface area contributed by atoms with Crippen molar-refractivity contribution in [2.75, 3.05) is 31.6 Å². The fourth-order valence-corrected chi connectivity index (χ4v) is 4.00. The molecule has 1 saturated heterocycles. The van der Waals surface area contributed by atoms with Crippen LogP contribution in [0.3, 0.4) is 0 Å². The van der Waals surface area contributed by atoms with E-state index < -0.39 is 0 Å². The summed E-state index contributed by atoms with van der Waals surface area (Å²) in [5.74, 6) is 0.877. The Hall–Kier alpha value is -3.09. The van der Waals surface area contributed by atoms with Crippen LogP contribution < -0.4 is 5.32 Å². The van der Waals surface area contributed by atoms with E-state index in [0.717, 1.165) is 48.4 Å². The normalized spacial score (nSPS) is 17.0. The first-order valence-corrected chi connectivity index (χ1v) is 10.7. The van der Waals surface area contributed by atoms with Gasteiger partial charge < -0.3 is 15.0 Å². The zero-order chi connectivity index (χ0) is 20.9. The average molecular weight is 408 g/mol. The molecular formula is C23H29N5O2. The average Bonchev–Trinajstić information content (AvgIpc) is 3.19. The number of hydrogen-bond donors (Lipinski definition) is 2. The highest BCUT2D eigenvalue weighted by molar-refractivity contribution is 5.93. The largest absolute Gasteiger partial charge is 0.450 e. The molecule has 0 saturated carbocycles. The molecule has 30 heavy (non-hydrogen) atoms. The van der Waals surface area contributed by atoms with Gasteiger partial charge in [-0.05, 0) is 44.8 Å². The zero-order valence-corrected chi connectivity index (χ0v) is 17.6. The van der Waals surface area contributed by atoms with Crippen molar-refractivity contribution in [3.63, 3.8) is 0 Å². The lowest BCUT2D eigenvalue weighted by Crippen LogP contribution is -2.42. The van der Waals surface area contributed by atoms with Gasteiger partial charge in [-0.15, -0.1) is 0 Å². The number of nitrogens with one attached hydrogen (secondary N) is 2. The number of dihydropyridines is 1. The molecule has 1 amide bonds. The number of aromatic nitrogens is 2. The molecule has 0 spiro atoms. The molecule has 0 unspecified atom stereocenters. The van der Waals surface area contributed by atoms with E-state index in [1.54, 1.807) is 4.90 Å². The van der Waals surface area contributed by atoms with Crippen LogP contribution in [-0.2, 0) is 4.74 Å². The topological polar surface area (TPSA) is 82.6 Å². The molecule has 0 radical (unpaired) electrons. The third kappa shape index (κ3) is 4.40. The van der Waals surface area contributed by atoms with Gasteiger partial charge in [0.2, 0.25) is 0 Å². The van der Waals surface area contributed by atoms with Crippen LogP contribution >= 0.6 is 0 Å². The summed E-state index contributed by atoms with van der Waals surface area (Å²) in [6.45, 7) is 6.51. The number of aromatic amines is 1. The van der Waals surface area contributed by atoms with Gasteiger partial charge in [0.15, 0.2) is 5.82 Å². The van der Waals surface area contributed by atoms with Crippen molar-refractivity contribution >= 4 is 23.7 Å². The van der Waals surface area contributed by atoms with Crippen molar-refractivity contribution in [1.29, 1.82) is 0 Å². The first-order chi connectivity index (χ1) is 14.7. The summed E-state index contributed by atoms with van der Waals surface area (Å²) in [5.41, 5.74) is 5.74. The van der Waals surface area contributed by atoms with E-state index in [4.69, 9.17) is 4.74 Å². The van der Waals surface area contributed by atoms with E-state index in [0.29, 0.717) is 19.7 Å². The Morgan fingerprint density at radius 1 is 1.27 bits per heavy atom. The summed E-state index contributed by atoms with van der Waals surface area (Å²) >= 11 is 0. The molecule has 0 aliphatic carbocycles. The van der Waals surface area contributed by atoms with Crippen LogP contribution in [0.2, 0.25) is 0 Å². The second-order valence-electron chi connectivity index (χ2n) is 7.79. The standard InChI is InChI=1S/C23H29N5O2/c1-3-30-23(29)28-14-10-19(11-15-28)25-22-20(17-8-12-24-13-9-17)21(26-27-22)18-6-4-16(2)5-7-18/h4-8,12,19H,3,9-11,13-15H2,1-2H3,(H2,25,26,27). The van der Waals surface area contributed by atoms with Crippen molar-refractivity contribution in [3.05, 3.63) is 41.5 Å². The molecular weight excluding hydrogens is 378 g/mol. The van der Waals surface area contributed by atoms with E-state index in [9.17, 15) is 4.79 Å². The maximum Gasteiger partial charge on any atom is 0.409 e. The number of H-pyrrole nitrogens is 1. The summed E-state index contributed by atoms with van der Waals surface area (Å²) in [5, 5.41) is 11.5. The maximum atomic E-state index is 12.0. The highest BCUT2D eigenvalue weighted by Crippen LogP contribution is 2.36. The number of ether oxygens (including phenoxy) is 1. The van der Waals surface area contributed by atoms with Crippen LogP contribution in [0.4, 0.5) is 10.6 Å². The number of aliphatic imine (C=N–C) groups is 1. The van der Waals surface area contributed by atoms with Crippen molar-refractivity contribution < 1.29 is 9.53 Å². The maximum absolute atomic E-state index is 12.0. The molecule has 0 bridgehead atoms. The predicted octanol–water partition coefficient (Wildman–Crippen LogP) is 4.28. The summed E-state index contributed by atoms with van der Waals surface area (Å²) in [7, 11) is 0. The highest BCUT2D eigenvalue weighted by atomic mass is 16.6. The molecule has 4 rings (SSSR count). The molecule has 7 nitrogen and oxygen atoms in total. The number of aryl methyl sites for hydroxylation is 1. The van der Waals surface area contributed by atoms with Crippen LogP contribution in [-0.4, -0.2) is 59.7 Å². The van der Waals surface area contributed by atoms with Gasteiger partial charge in [0.05, 0.1) is 12.3 Å². The highest BCUT2D eigenvalue weighted by Gasteiger charge is 2.26. The summed E-state index contributed by atoms with van der Waals surface area (Å²) < 4.78 is 5.12. The number of allylic oxidation sites excluding steroid dienone is 1. The number of carbonyl (C=O) groups is 1. The SMILES string of the molecule is CCOC(=O)N1CCC(Nc2n[nH]c(-c3ccc(C)cc3)c2C2=CC=NCC2)CC1. The van der Waals surface area contributed by atoms with Crippen LogP contribution in [0.25, 0.3) is 16.8 Å². The second kappa shape index (κ2) is 9.15. The van der Waals surface area contributed by atoms with Gasteiger partial charge in [0.25, 0.3) is 0 Å². The first kappa shape index (κ1) is 20.2. The monoisotopic (exact) mass is 407 g/mol. The van der Waals surface area contributed by atoms with E-state index in [-0.39, 0.29) is 12.1 Å². The quantitative estimate of drug-likeness (QED) is 0.775. The van der Waals surface area contributed by atoms with Crippen molar-refractivity contribution in [1.82, 2.24) is 15.1 Å². The van der Waals surface area contributed by atoms with Crippen molar-refractivity contribution in [2.24, 2.45) is 4.99 Å². The third-order valence-electron chi connectivity index (χ3n) is 5.68. The number of nitrogens with zero attached hydrogens (tertiary/aromatic N) is 3. The lowest BCUT2D eigenvalue weighted by Gasteiger charge is -2.32. The van der Waals surface area contributed by atoms with Gasteiger partial charge in [-0.1, -0.05) is 29.8 Å². The Kier molecular flexibility index (Phi) is 6.16. The van der Waals surface area contributed by atoms with Crippen LogP contribution in [0.15, 0.2) is 35.3 Å². The number of hydrogen-bond acceptors (Lipinski definition) is 5. The molecule has 2 aliphatic heterocycles. The number of rotatable bonds is 5. The number of anilines is 1. The molecule has 1 aromatic heterocycles.